The van der Waals surface area contributed by atoms with Gasteiger partial charge in [0.05, 0.1) is 7.11 Å². The number of methoxy groups -OCH3 is 1. The first-order valence-corrected chi connectivity index (χ1v) is 4.31. The van der Waals surface area contributed by atoms with Gasteiger partial charge in [-0.2, -0.15) is 0 Å². The molecule has 0 bridgehead atoms. The molecule has 0 aromatic carbocycles. The Morgan fingerprint density at radius 3 is 2.92 bits per heavy atom. The minimum absolute atomic E-state index is 0.444. The minimum atomic E-state index is 0.444. The van der Waals surface area contributed by atoms with Crippen molar-refractivity contribution in [3.63, 3.8) is 0 Å². The molecule has 1 aromatic heterocycles. The maximum atomic E-state index is 5.52. The van der Waals surface area contributed by atoms with Crippen molar-refractivity contribution >= 4 is 0 Å². The van der Waals surface area contributed by atoms with Gasteiger partial charge in [-0.3, -0.25) is 0 Å². The number of aromatic nitrogens is 2. The van der Waals surface area contributed by atoms with Crippen molar-refractivity contribution in [1.82, 2.24) is 9.97 Å². The van der Waals surface area contributed by atoms with Crippen LogP contribution in [0.5, 0.6) is 5.88 Å². The van der Waals surface area contributed by atoms with Gasteiger partial charge in [0, 0.05) is 11.8 Å². The van der Waals surface area contributed by atoms with Gasteiger partial charge in [-0.15, -0.1) is 0 Å². The third kappa shape index (κ3) is 2.99. The predicted octanol–water partition coefficient (Wildman–Crippen LogP) is 0.622. The van der Waals surface area contributed by atoms with Gasteiger partial charge in [0.25, 0.3) is 0 Å². The smallest absolute Gasteiger partial charge is 0.216 e. The number of nitrogens with two attached hydrogens (primary N) is 1. The summed E-state index contributed by atoms with van der Waals surface area (Å²) in [5.41, 5.74) is 6.49. The quantitative estimate of drug-likeness (QED) is 0.739. The molecular formula is C9H15N3O. The molecule has 0 fully saturated rings. The summed E-state index contributed by atoms with van der Waals surface area (Å²) in [6.45, 7) is 2.76. The van der Waals surface area contributed by atoms with Crippen LogP contribution in [0.1, 0.15) is 12.6 Å². The molecular weight excluding hydrogens is 166 g/mol. The lowest BCUT2D eigenvalue weighted by atomic mass is 10.1. The molecule has 0 radical (unpaired) electrons. The van der Waals surface area contributed by atoms with Crippen molar-refractivity contribution in [2.45, 2.75) is 13.3 Å². The maximum absolute atomic E-state index is 5.52. The Balaban J connectivity index is 2.66. The fourth-order valence-corrected chi connectivity index (χ4v) is 1.04. The second-order valence-corrected chi connectivity index (χ2v) is 3.10. The van der Waals surface area contributed by atoms with Crippen LogP contribution in [0, 0.1) is 5.92 Å². The second kappa shape index (κ2) is 4.77. The molecule has 0 spiro atoms. The highest BCUT2D eigenvalue weighted by Gasteiger charge is 2.03. The summed E-state index contributed by atoms with van der Waals surface area (Å²) in [6.07, 6.45) is 2.38. The SMILES string of the molecule is COc1cc(CC(C)CN)ncn1. The molecule has 72 valence electrons. The first-order valence-electron chi connectivity index (χ1n) is 4.31. The van der Waals surface area contributed by atoms with E-state index in [-0.39, 0.29) is 0 Å². The molecule has 4 nitrogen and oxygen atoms in total. The normalized spacial score (nSPS) is 12.5. The molecule has 1 rings (SSSR count). The van der Waals surface area contributed by atoms with Gasteiger partial charge in [0.15, 0.2) is 0 Å². The molecule has 0 aliphatic heterocycles. The highest BCUT2D eigenvalue weighted by Crippen LogP contribution is 2.09. The van der Waals surface area contributed by atoms with Crippen LogP contribution >= 0.6 is 0 Å². The molecule has 0 amide bonds. The molecule has 1 atom stereocenters. The van der Waals surface area contributed by atoms with Crippen LogP contribution in [0.25, 0.3) is 0 Å². The van der Waals surface area contributed by atoms with Gasteiger partial charge in [0.2, 0.25) is 5.88 Å². The summed E-state index contributed by atoms with van der Waals surface area (Å²) in [5, 5.41) is 0. The fraction of sp³-hybridized carbons (Fsp3) is 0.556. The molecule has 0 aliphatic rings. The van der Waals surface area contributed by atoms with Gasteiger partial charge in [-0.1, -0.05) is 6.92 Å². The minimum Gasteiger partial charge on any atom is -0.481 e. The lowest BCUT2D eigenvalue weighted by Crippen LogP contribution is -2.13. The molecule has 2 N–H and O–H groups in total. The van der Waals surface area contributed by atoms with Crippen LogP contribution < -0.4 is 10.5 Å². The first kappa shape index (κ1) is 9.92. The summed E-state index contributed by atoms with van der Waals surface area (Å²) < 4.78 is 4.99. The average molecular weight is 181 g/mol. The van der Waals surface area contributed by atoms with Crippen molar-refractivity contribution in [3.8, 4) is 5.88 Å². The number of rotatable bonds is 4. The van der Waals surface area contributed by atoms with E-state index in [1.165, 1.54) is 6.33 Å². The zero-order valence-electron chi connectivity index (χ0n) is 8.03. The number of ether oxygens (including phenoxy) is 1. The van der Waals surface area contributed by atoms with Gasteiger partial charge in [-0.25, -0.2) is 9.97 Å². The van der Waals surface area contributed by atoms with Crippen molar-refractivity contribution < 1.29 is 4.74 Å². The number of hydrogen-bond acceptors (Lipinski definition) is 4. The topological polar surface area (TPSA) is 61.0 Å². The molecule has 13 heavy (non-hydrogen) atoms. The fourth-order valence-electron chi connectivity index (χ4n) is 1.04. The Bertz CT molecular complexity index is 265. The predicted molar refractivity (Wildman–Crippen MR) is 50.5 cm³/mol. The van der Waals surface area contributed by atoms with Crippen molar-refractivity contribution in [3.05, 3.63) is 18.1 Å². The van der Waals surface area contributed by atoms with Gasteiger partial charge < -0.3 is 10.5 Å². The summed E-state index contributed by atoms with van der Waals surface area (Å²) >= 11 is 0. The largest absolute Gasteiger partial charge is 0.481 e. The van der Waals surface area contributed by atoms with E-state index in [0.717, 1.165) is 12.1 Å². The van der Waals surface area contributed by atoms with Crippen LogP contribution in [0.2, 0.25) is 0 Å². The van der Waals surface area contributed by atoms with E-state index >= 15 is 0 Å². The van der Waals surface area contributed by atoms with E-state index in [0.29, 0.717) is 18.3 Å². The van der Waals surface area contributed by atoms with Crippen molar-refractivity contribution in [2.75, 3.05) is 13.7 Å². The van der Waals surface area contributed by atoms with Gasteiger partial charge in [-0.05, 0) is 18.9 Å². The molecule has 0 aliphatic carbocycles. The summed E-state index contributed by atoms with van der Waals surface area (Å²) in [5.74, 6) is 1.05. The van der Waals surface area contributed by atoms with Crippen LogP contribution in [0.4, 0.5) is 0 Å². The third-order valence-corrected chi connectivity index (χ3v) is 1.87. The van der Waals surface area contributed by atoms with Crippen molar-refractivity contribution in [1.29, 1.82) is 0 Å². The molecule has 0 saturated carbocycles. The van der Waals surface area contributed by atoms with Crippen LogP contribution in [-0.4, -0.2) is 23.6 Å². The summed E-state index contributed by atoms with van der Waals surface area (Å²) in [6, 6.07) is 1.84. The Morgan fingerprint density at radius 1 is 1.54 bits per heavy atom. The summed E-state index contributed by atoms with van der Waals surface area (Å²) in [4.78, 5) is 8.06. The van der Waals surface area contributed by atoms with E-state index in [2.05, 4.69) is 16.9 Å². The highest BCUT2D eigenvalue weighted by molar-refractivity contribution is 5.13. The zero-order valence-corrected chi connectivity index (χ0v) is 8.03. The molecule has 4 heteroatoms. The summed E-state index contributed by atoms with van der Waals surface area (Å²) in [7, 11) is 1.60. The van der Waals surface area contributed by atoms with E-state index in [1.807, 2.05) is 6.07 Å². The van der Waals surface area contributed by atoms with E-state index in [1.54, 1.807) is 7.11 Å². The standard InChI is InChI=1S/C9H15N3O/c1-7(5-10)3-8-4-9(13-2)12-6-11-8/h4,6-7H,3,5,10H2,1-2H3. The Hall–Kier alpha value is -1.16. The second-order valence-electron chi connectivity index (χ2n) is 3.10. The van der Waals surface area contributed by atoms with E-state index in [4.69, 9.17) is 10.5 Å². The van der Waals surface area contributed by atoms with Gasteiger partial charge in [0.1, 0.15) is 6.33 Å². The molecule has 1 aromatic rings. The number of hydrogen-bond donors (Lipinski definition) is 1. The molecule has 0 saturated heterocycles. The van der Waals surface area contributed by atoms with Crippen LogP contribution in [0.3, 0.4) is 0 Å². The zero-order chi connectivity index (χ0) is 9.68. The van der Waals surface area contributed by atoms with Gasteiger partial charge >= 0.3 is 0 Å². The Morgan fingerprint density at radius 2 is 2.31 bits per heavy atom. The van der Waals surface area contributed by atoms with Crippen LogP contribution in [-0.2, 0) is 6.42 Å². The monoisotopic (exact) mass is 181 g/mol. The lowest BCUT2D eigenvalue weighted by molar-refractivity contribution is 0.395. The average Bonchev–Trinajstić information content (AvgIpc) is 2.18. The maximum Gasteiger partial charge on any atom is 0.216 e. The molecule has 1 heterocycles. The number of nitrogens with zero attached hydrogens (tertiary/aromatic N) is 2. The molecule has 1 unspecified atom stereocenters. The first-order chi connectivity index (χ1) is 6.26. The van der Waals surface area contributed by atoms with E-state index in [9.17, 15) is 0 Å². The highest BCUT2D eigenvalue weighted by atomic mass is 16.5. The Kier molecular flexibility index (Phi) is 3.64. The third-order valence-electron chi connectivity index (χ3n) is 1.87. The van der Waals surface area contributed by atoms with Crippen LogP contribution in [0.15, 0.2) is 12.4 Å². The Labute approximate surface area is 78.1 Å². The lowest BCUT2D eigenvalue weighted by Gasteiger charge is -2.07. The van der Waals surface area contributed by atoms with E-state index < -0.39 is 0 Å². The van der Waals surface area contributed by atoms with Crippen molar-refractivity contribution in [2.24, 2.45) is 11.7 Å².